The number of fused-ring (bicyclic) bond motifs is 1. The zero-order valence-electron chi connectivity index (χ0n) is 20.8. The second kappa shape index (κ2) is 9.79. The van der Waals surface area contributed by atoms with Gasteiger partial charge in [-0.15, -0.1) is 0 Å². The molecule has 0 bridgehead atoms. The van der Waals surface area contributed by atoms with Gasteiger partial charge in [-0.05, 0) is 69.7 Å². The summed E-state index contributed by atoms with van der Waals surface area (Å²) in [4.78, 5) is 14.1. The molecule has 36 heavy (non-hydrogen) atoms. The minimum Gasteiger partial charge on any atom is -0.389 e. The van der Waals surface area contributed by atoms with Gasteiger partial charge in [0.15, 0.2) is 11.3 Å². The zero-order valence-corrected chi connectivity index (χ0v) is 22.3. The summed E-state index contributed by atoms with van der Waals surface area (Å²) >= 11 is 12.5. The number of anilines is 1. The summed E-state index contributed by atoms with van der Waals surface area (Å²) in [6.07, 6.45) is 4.14. The topological polar surface area (TPSA) is 94.1 Å². The lowest BCUT2D eigenvalue weighted by atomic mass is 9.80. The molecule has 4 heterocycles. The van der Waals surface area contributed by atoms with E-state index in [1.165, 1.54) is 12.8 Å². The van der Waals surface area contributed by atoms with Crippen LogP contribution in [0.1, 0.15) is 50.9 Å². The molecule has 1 unspecified atom stereocenters. The Morgan fingerprint density at radius 3 is 2.69 bits per heavy atom. The first-order valence-electron chi connectivity index (χ1n) is 12.4. The summed E-state index contributed by atoms with van der Waals surface area (Å²) < 4.78 is 1.73. The van der Waals surface area contributed by atoms with Crippen LogP contribution in [-0.2, 0) is 0 Å². The van der Waals surface area contributed by atoms with Crippen molar-refractivity contribution in [1.82, 2.24) is 24.6 Å². The van der Waals surface area contributed by atoms with Crippen LogP contribution >= 0.6 is 23.2 Å². The van der Waals surface area contributed by atoms with Crippen LogP contribution < -0.4 is 4.90 Å². The van der Waals surface area contributed by atoms with Crippen molar-refractivity contribution >= 4 is 40.2 Å². The maximum Gasteiger partial charge on any atom is 0.190 e. The van der Waals surface area contributed by atoms with Gasteiger partial charge in [0.25, 0.3) is 0 Å². The zero-order chi connectivity index (χ0) is 25.6. The molecule has 0 aliphatic carbocycles. The number of piperidine rings is 1. The Balaban J connectivity index is 1.35. The minimum absolute atomic E-state index is 0.247. The molecule has 2 aromatic heterocycles. The number of rotatable bonds is 6. The van der Waals surface area contributed by atoms with E-state index < -0.39 is 5.60 Å². The Labute approximate surface area is 221 Å². The first-order chi connectivity index (χ1) is 17.1. The Bertz CT molecular complexity index is 1310. The van der Waals surface area contributed by atoms with Crippen molar-refractivity contribution in [3.63, 3.8) is 0 Å². The molecule has 0 amide bonds. The van der Waals surface area contributed by atoms with Gasteiger partial charge in [-0.25, -0.2) is 14.6 Å². The lowest BCUT2D eigenvalue weighted by Gasteiger charge is -2.47. The van der Waals surface area contributed by atoms with E-state index in [-0.39, 0.29) is 11.7 Å². The van der Waals surface area contributed by atoms with Gasteiger partial charge in [0.2, 0.25) is 0 Å². The first-order valence-corrected chi connectivity index (χ1v) is 13.2. The Morgan fingerprint density at radius 2 is 2.00 bits per heavy atom. The number of hydrogen-bond donors (Lipinski definition) is 1. The quantitative estimate of drug-likeness (QED) is 0.502. The van der Waals surface area contributed by atoms with Gasteiger partial charge in [0.05, 0.1) is 17.8 Å². The van der Waals surface area contributed by atoms with E-state index in [2.05, 4.69) is 26.0 Å². The molecule has 2 atom stereocenters. The molecule has 2 fully saturated rings. The van der Waals surface area contributed by atoms with Gasteiger partial charge < -0.3 is 14.9 Å². The van der Waals surface area contributed by atoms with Crippen molar-refractivity contribution in [1.29, 1.82) is 5.26 Å². The second-order valence-corrected chi connectivity index (χ2v) is 11.6. The summed E-state index contributed by atoms with van der Waals surface area (Å²) in [5.74, 6) is 2.01. The molecule has 0 saturated carbocycles. The average Bonchev–Trinajstić information content (AvgIpc) is 3.15. The lowest BCUT2D eigenvalue weighted by molar-refractivity contribution is 0.0132. The van der Waals surface area contributed by atoms with Crippen LogP contribution in [0.25, 0.3) is 11.2 Å². The number of hydrogen-bond acceptors (Lipinski definition) is 7. The summed E-state index contributed by atoms with van der Waals surface area (Å²) in [5, 5.41) is 25.5. The van der Waals surface area contributed by atoms with Crippen molar-refractivity contribution in [2.75, 3.05) is 37.6 Å². The molecular formula is C26H31Cl2N7O. The van der Waals surface area contributed by atoms with Gasteiger partial charge in [0.1, 0.15) is 17.4 Å². The molecule has 1 aromatic carbocycles. The summed E-state index contributed by atoms with van der Waals surface area (Å²) in [5.41, 5.74) is 1.48. The SMILES string of the molecule is CC(c1ccc(Cl)cc1Cl)n1nc(C#N)c2ncc(N3CC([C@H]4CCCN(CC(C)(C)O)C4)C3)nc21. The highest BCUT2D eigenvalue weighted by Gasteiger charge is 2.37. The van der Waals surface area contributed by atoms with Crippen LogP contribution in [0, 0.1) is 23.2 Å². The van der Waals surface area contributed by atoms with Crippen LogP contribution in [0.15, 0.2) is 24.4 Å². The van der Waals surface area contributed by atoms with Gasteiger partial charge >= 0.3 is 0 Å². The third-order valence-electron chi connectivity index (χ3n) is 7.33. The molecule has 3 aromatic rings. The number of β-amino-alcohol motifs (C(OH)–C–C–N with tert-alkyl or cyclic N) is 1. The second-order valence-electron chi connectivity index (χ2n) is 10.8. The summed E-state index contributed by atoms with van der Waals surface area (Å²) in [6, 6.07) is 7.26. The highest BCUT2D eigenvalue weighted by Crippen LogP contribution is 2.35. The number of nitrogens with zero attached hydrogens (tertiary/aromatic N) is 7. The van der Waals surface area contributed by atoms with Crippen molar-refractivity contribution in [2.45, 2.75) is 45.3 Å². The van der Waals surface area contributed by atoms with E-state index in [9.17, 15) is 10.4 Å². The van der Waals surface area contributed by atoms with Crippen molar-refractivity contribution in [3.8, 4) is 6.07 Å². The summed E-state index contributed by atoms with van der Waals surface area (Å²) in [6.45, 7) is 10.4. The standard InChI is InChI=1S/C26H31Cl2N7O/c1-16(20-7-6-19(27)9-21(20)28)35-25-24(22(10-29)32-35)30-11-23(31-25)34-13-18(14-34)17-5-4-8-33(12-17)15-26(2,3)36/h6-7,9,11,16-18,36H,4-5,8,12-15H2,1-3H3/t16?,17-/m0/s1. The van der Waals surface area contributed by atoms with Crippen LogP contribution in [0.4, 0.5) is 5.82 Å². The fourth-order valence-electron chi connectivity index (χ4n) is 5.53. The number of nitriles is 1. The third kappa shape index (κ3) is 5.03. The normalized spacial score (nSPS) is 20.4. The highest BCUT2D eigenvalue weighted by molar-refractivity contribution is 6.35. The van der Waals surface area contributed by atoms with Gasteiger partial charge in [-0.2, -0.15) is 10.4 Å². The number of likely N-dealkylation sites (tertiary alicyclic amines) is 1. The Kier molecular flexibility index (Phi) is 6.86. The Hall–Kier alpha value is -2.44. The third-order valence-corrected chi connectivity index (χ3v) is 7.89. The van der Waals surface area contributed by atoms with Crippen LogP contribution in [-0.4, -0.2) is 68.1 Å². The van der Waals surface area contributed by atoms with E-state index in [1.807, 2.05) is 26.8 Å². The number of benzene rings is 1. The van der Waals surface area contributed by atoms with Crippen molar-refractivity contribution < 1.29 is 5.11 Å². The van der Waals surface area contributed by atoms with E-state index in [0.717, 1.165) is 37.6 Å². The van der Waals surface area contributed by atoms with Gasteiger partial charge in [-0.3, -0.25) is 0 Å². The largest absolute Gasteiger partial charge is 0.389 e. The van der Waals surface area contributed by atoms with E-state index >= 15 is 0 Å². The highest BCUT2D eigenvalue weighted by atomic mass is 35.5. The fourth-order valence-corrected chi connectivity index (χ4v) is 6.10. The number of aromatic nitrogens is 4. The number of aliphatic hydroxyl groups is 1. The van der Waals surface area contributed by atoms with E-state index in [1.54, 1.807) is 23.0 Å². The van der Waals surface area contributed by atoms with E-state index in [4.69, 9.17) is 28.2 Å². The Morgan fingerprint density at radius 1 is 1.22 bits per heavy atom. The first kappa shape index (κ1) is 25.2. The monoisotopic (exact) mass is 527 g/mol. The molecule has 1 N–H and O–H groups in total. The molecule has 0 radical (unpaired) electrons. The average molecular weight is 528 g/mol. The molecule has 0 spiro atoms. The van der Waals surface area contributed by atoms with Gasteiger partial charge in [-0.1, -0.05) is 29.3 Å². The maximum absolute atomic E-state index is 10.2. The minimum atomic E-state index is -0.669. The molecular weight excluding hydrogens is 497 g/mol. The lowest BCUT2D eigenvalue weighted by Crippen LogP contribution is -2.54. The number of halogens is 2. The molecule has 2 aliphatic heterocycles. The smallest absolute Gasteiger partial charge is 0.190 e. The van der Waals surface area contributed by atoms with Crippen LogP contribution in [0.5, 0.6) is 0 Å². The fraction of sp³-hybridized carbons (Fsp3) is 0.538. The predicted molar refractivity (Wildman–Crippen MR) is 141 cm³/mol. The van der Waals surface area contributed by atoms with E-state index in [0.29, 0.717) is 39.6 Å². The van der Waals surface area contributed by atoms with Crippen LogP contribution in [0.3, 0.4) is 0 Å². The molecule has 5 rings (SSSR count). The predicted octanol–water partition coefficient (Wildman–Crippen LogP) is 4.53. The molecule has 8 nitrogen and oxygen atoms in total. The van der Waals surface area contributed by atoms with Crippen molar-refractivity contribution in [2.24, 2.45) is 11.8 Å². The molecule has 10 heteroatoms. The summed E-state index contributed by atoms with van der Waals surface area (Å²) in [7, 11) is 0. The molecule has 2 saturated heterocycles. The maximum atomic E-state index is 10.2. The van der Waals surface area contributed by atoms with Gasteiger partial charge in [0, 0.05) is 36.2 Å². The molecule has 190 valence electrons. The van der Waals surface area contributed by atoms with Crippen LogP contribution in [0.2, 0.25) is 10.0 Å². The molecule has 2 aliphatic rings. The van der Waals surface area contributed by atoms with Crippen molar-refractivity contribution in [3.05, 3.63) is 45.7 Å².